The van der Waals surface area contributed by atoms with Gasteiger partial charge in [-0.1, -0.05) is 0 Å². The summed E-state index contributed by atoms with van der Waals surface area (Å²) < 4.78 is 5.76. The number of aromatic nitrogens is 2. The van der Waals surface area contributed by atoms with E-state index in [0.29, 0.717) is 24.3 Å². The lowest BCUT2D eigenvalue weighted by Crippen LogP contribution is -2.47. The Labute approximate surface area is 141 Å². The molecule has 1 saturated carbocycles. The van der Waals surface area contributed by atoms with Crippen LogP contribution >= 0.6 is 11.8 Å². The number of piperidine rings is 1. The summed E-state index contributed by atoms with van der Waals surface area (Å²) in [5, 5.41) is 8.33. The fourth-order valence-electron chi connectivity index (χ4n) is 3.46. The Morgan fingerprint density at radius 3 is 2.78 bits per heavy atom. The van der Waals surface area contributed by atoms with E-state index >= 15 is 0 Å². The molecular formula is C16H24N4O2S. The molecule has 2 saturated heterocycles. The largest absolute Gasteiger partial charge is 0.424 e. The summed E-state index contributed by atoms with van der Waals surface area (Å²) in [7, 11) is 0. The van der Waals surface area contributed by atoms with Gasteiger partial charge in [-0.15, -0.1) is 10.2 Å². The summed E-state index contributed by atoms with van der Waals surface area (Å²) in [4.78, 5) is 17.1. The van der Waals surface area contributed by atoms with Gasteiger partial charge in [0, 0.05) is 37.1 Å². The van der Waals surface area contributed by atoms with Crippen LogP contribution in [-0.4, -0.2) is 63.6 Å². The molecule has 4 rings (SSSR count). The highest BCUT2D eigenvalue weighted by atomic mass is 32.2. The molecule has 0 aromatic carbocycles. The predicted molar refractivity (Wildman–Crippen MR) is 88.2 cm³/mol. The van der Waals surface area contributed by atoms with Gasteiger partial charge in [-0.3, -0.25) is 9.69 Å². The number of amides is 1. The Balaban J connectivity index is 1.33. The van der Waals surface area contributed by atoms with Crippen molar-refractivity contribution in [3.63, 3.8) is 0 Å². The minimum absolute atomic E-state index is 0.137. The monoisotopic (exact) mass is 336 g/mol. The third-order valence-corrected chi connectivity index (χ3v) is 5.89. The number of nitrogens with zero attached hydrogens (tertiary/aromatic N) is 4. The van der Waals surface area contributed by atoms with Crippen LogP contribution in [0.2, 0.25) is 0 Å². The minimum Gasteiger partial charge on any atom is -0.424 e. The zero-order valence-electron chi connectivity index (χ0n) is 13.4. The second-order valence-corrected chi connectivity index (χ2v) is 8.04. The number of carbonyl (C=O) groups is 1. The van der Waals surface area contributed by atoms with E-state index < -0.39 is 0 Å². The number of rotatable bonds is 4. The van der Waals surface area contributed by atoms with Gasteiger partial charge in [0.1, 0.15) is 0 Å². The molecule has 2 aliphatic heterocycles. The number of carbonyl (C=O) groups excluding carboxylic acids is 1. The highest BCUT2D eigenvalue weighted by Gasteiger charge is 2.32. The first kappa shape index (κ1) is 15.4. The Bertz CT molecular complexity index is 554. The van der Waals surface area contributed by atoms with Gasteiger partial charge >= 0.3 is 0 Å². The van der Waals surface area contributed by atoms with Crippen LogP contribution in [0, 0.1) is 5.92 Å². The maximum atomic E-state index is 12.7. The van der Waals surface area contributed by atoms with Crippen molar-refractivity contribution < 1.29 is 9.21 Å². The van der Waals surface area contributed by atoms with Crippen molar-refractivity contribution in [1.82, 2.24) is 20.0 Å². The van der Waals surface area contributed by atoms with Crippen LogP contribution < -0.4 is 0 Å². The van der Waals surface area contributed by atoms with Crippen molar-refractivity contribution >= 4 is 17.7 Å². The first-order valence-electron chi connectivity index (χ1n) is 8.71. The summed E-state index contributed by atoms with van der Waals surface area (Å²) in [6, 6.07) is 0. The topological polar surface area (TPSA) is 62.5 Å². The average molecular weight is 336 g/mol. The van der Waals surface area contributed by atoms with Gasteiger partial charge < -0.3 is 9.32 Å². The fourth-order valence-corrected chi connectivity index (χ4v) is 4.36. The van der Waals surface area contributed by atoms with Crippen LogP contribution in [0.15, 0.2) is 4.42 Å². The number of likely N-dealkylation sites (tertiary alicyclic amines) is 1. The van der Waals surface area contributed by atoms with Crippen molar-refractivity contribution in [2.45, 2.75) is 38.1 Å². The second kappa shape index (κ2) is 6.81. The summed E-state index contributed by atoms with van der Waals surface area (Å²) in [5.41, 5.74) is 0. The molecule has 3 fully saturated rings. The van der Waals surface area contributed by atoms with Crippen molar-refractivity contribution in [1.29, 1.82) is 0 Å². The minimum atomic E-state index is 0.137. The Morgan fingerprint density at radius 1 is 1.17 bits per heavy atom. The maximum absolute atomic E-state index is 12.7. The van der Waals surface area contributed by atoms with Gasteiger partial charge in [0.2, 0.25) is 17.7 Å². The van der Waals surface area contributed by atoms with Gasteiger partial charge in [-0.2, -0.15) is 11.8 Å². The summed E-state index contributed by atoms with van der Waals surface area (Å²) >= 11 is 1.94. The smallest absolute Gasteiger partial charge is 0.230 e. The second-order valence-electron chi connectivity index (χ2n) is 6.82. The van der Waals surface area contributed by atoms with E-state index in [2.05, 4.69) is 20.0 Å². The van der Waals surface area contributed by atoms with E-state index in [9.17, 15) is 4.79 Å². The molecule has 0 N–H and O–H groups in total. The van der Waals surface area contributed by atoms with Gasteiger partial charge in [-0.25, -0.2) is 0 Å². The van der Waals surface area contributed by atoms with Crippen molar-refractivity contribution in [3.05, 3.63) is 11.8 Å². The molecule has 0 bridgehead atoms. The van der Waals surface area contributed by atoms with Gasteiger partial charge in [0.05, 0.1) is 12.5 Å². The third-order valence-electron chi connectivity index (χ3n) is 4.95. The molecule has 1 atom stereocenters. The van der Waals surface area contributed by atoms with Crippen LogP contribution in [0.3, 0.4) is 0 Å². The van der Waals surface area contributed by atoms with Crippen LogP contribution in [-0.2, 0) is 11.3 Å². The zero-order chi connectivity index (χ0) is 15.6. The van der Waals surface area contributed by atoms with Crippen LogP contribution in [0.5, 0.6) is 0 Å². The highest BCUT2D eigenvalue weighted by molar-refractivity contribution is 7.99. The van der Waals surface area contributed by atoms with Gasteiger partial charge in [-0.05, 0) is 32.2 Å². The van der Waals surface area contributed by atoms with Crippen LogP contribution in [0.25, 0.3) is 0 Å². The molecule has 1 aromatic heterocycles. The SMILES string of the molecule is O=C(C1CCCN(Cc2nnc(C3CC3)o2)C1)N1CCSCC1. The van der Waals surface area contributed by atoms with E-state index in [4.69, 9.17) is 4.42 Å². The van der Waals surface area contributed by atoms with Crippen molar-refractivity contribution in [3.8, 4) is 0 Å². The molecule has 6 nitrogen and oxygen atoms in total. The normalized spacial score (nSPS) is 26.4. The Morgan fingerprint density at radius 2 is 2.00 bits per heavy atom. The first-order valence-corrected chi connectivity index (χ1v) is 9.86. The molecular weight excluding hydrogens is 312 g/mol. The van der Waals surface area contributed by atoms with Gasteiger partial charge in [0.15, 0.2) is 0 Å². The molecule has 0 spiro atoms. The number of hydrogen-bond acceptors (Lipinski definition) is 6. The van der Waals surface area contributed by atoms with E-state index in [0.717, 1.165) is 56.4 Å². The molecule has 1 aliphatic carbocycles. The molecule has 1 unspecified atom stereocenters. The van der Waals surface area contributed by atoms with E-state index in [-0.39, 0.29) is 5.92 Å². The predicted octanol–water partition coefficient (Wildman–Crippen LogP) is 1.73. The Kier molecular flexibility index (Phi) is 4.57. The highest BCUT2D eigenvalue weighted by Crippen LogP contribution is 2.39. The molecule has 1 aromatic rings. The first-order chi connectivity index (χ1) is 11.3. The molecule has 23 heavy (non-hydrogen) atoms. The number of hydrogen-bond donors (Lipinski definition) is 0. The van der Waals surface area contributed by atoms with Crippen molar-refractivity contribution in [2.75, 3.05) is 37.7 Å². The molecule has 0 radical (unpaired) electrons. The number of thioether (sulfide) groups is 1. The average Bonchev–Trinajstić information content (AvgIpc) is 3.35. The molecule has 3 aliphatic rings. The van der Waals surface area contributed by atoms with Crippen molar-refractivity contribution in [2.24, 2.45) is 5.92 Å². The van der Waals surface area contributed by atoms with E-state index in [1.807, 2.05) is 11.8 Å². The summed E-state index contributed by atoms with van der Waals surface area (Å²) in [5.74, 6) is 4.65. The quantitative estimate of drug-likeness (QED) is 0.834. The molecule has 1 amide bonds. The van der Waals surface area contributed by atoms with E-state index in [1.54, 1.807) is 0 Å². The standard InChI is InChI=1S/C16H24N4O2S/c21-16(20-6-8-23-9-7-20)13-2-1-5-19(10-13)11-14-17-18-15(22-14)12-3-4-12/h12-13H,1-11H2. The lowest BCUT2D eigenvalue weighted by Gasteiger charge is -2.35. The van der Waals surface area contributed by atoms with Gasteiger partial charge in [0.25, 0.3) is 0 Å². The lowest BCUT2D eigenvalue weighted by molar-refractivity contribution is -0.137. The lowest BCUT2D eigenvalue weighted by atomic mass is 9.96. The van der Waals surface area contributed by atoms with Crippen LogP contribution in [0.4, 0.5) is 0 Å². The molecule has 7 heteroatoms. The van der Waals surface area contributed by atoms with E-state index in [1.165, 1.54) is 12.8 Å². The van der Waals surface area contributed by atoms with Crippen LogP contribution in [0.1, 0.15) is 43.4 Å². The maximum Gasteiger partial charge on any atom is 0.230 e. The third kappa shape index (κ3) is 3.71. The molecule has 3 heterocycles. The Hall–Kier alpha value is -1.08. The molecule has 126 valence electrons. The fraction of sp³-hybridized carbons (Fsp3) is 0.812. The zero-order valence-corrected chi connectivity index (χ0v) is 14.3. The summed E-state index contributed by atoms with van der Waals surface area (Å²) in [6.07, 6.45) is 4.44. The summed E-state index contributed by atoms with van der Waals surface area (Å²) in [6.45, 7) is 4.34.